The zero-order valence-corrected chi connectivity index (χ0v) is 13.7. The number of hydrogen-bond donors (Lipinski definition) is 0. The van der Waals surface area contributed by atoms with E-state index in [4.69, 9.17) is 4.74 Å². The minimum atomic E-state index is -0.290. The SMILES string of the molecule is O=C1c2ccccc2C(=O)N1[C@H]1CC[C@H](Oc2ccc(F)cc2)CC1. The van der Waals surface area contributed by atoms with Gasteiger partial charge in [0, 0.05) is 6.04 Å². The van der Waals surface area contributed by atoms with Gasteiger partial charge in [0.15, 0.2) is 0 Å². The van der Waals surface area contributed by atoms with E-state index in [0.717, 1.165) is 25.7 Å². The highest BCUT2D eigenvalue weighted by Gasteiger charge is 2.41. The third kappa shape index (κ3) is 2.90. The monoisotopic (exact) mass is 339 g/mol. The molecule has 0 unspecified atom stereocenters. The fourth-order valence-electron chi connectivity index (χ4n) is 3.67. The molecule has 2 aromatic rings. The third-order valence-electron chi connectivity index (χ3n) is 4.95. The lowest BCUT2D eigenvalue weighted by molar-refractivity contribution is 0.0478. The summed E-state index contributed by atoms with van der Waals surface area (Å²) < 4.78 is 18.8. The van der Waals surface area contributed by atoms with E-state index in [1.807, 2.05) is 0 Å². The summed E-state index contributed by atoms with van der Waals surface area (Å²) in [5, 5.41) is 0. The predicted molar refractivity (Wildman–Crippen MR) is 90.0 cm³/mol. The zero-order valence-electron chi connectivity index (χ0n) is 13.7. The quantitative estimate of drug-likeness (QED) is 0.799. The summed E-state index contributed by atoms with van der Waals surface area (Å²) in [7, 11) is 0. The number of hydrogen-bond acceptors (Lipinski definition) is 3. The van der Waals surface area contributed by atoms with E-state index >= 15 is 0 Å². The topological polar surface area (TPSA) is 46.6 Å². The van der Waals surface area contributed by atoms with Gasteiger partial charge >= 0.3 is 0 Å². The van der Waals surface area contributed by atoms with Gasteiger partial charge in [-0.25, -0.2) is 4.39 Å². The Hall–Kier alpha value is -2.69. The third-order valence-corrected chi connectivity index (χ3v) is 4.95. The molecule has 1 aliphatic carbocycles. The highest BCUT2D eigenvalue weighted by atomic mass is 19.1. The number of ether oxygens (including phenoxy) is 1. The van der Waals surface area contributed by atoms with Crippen LogP contribution in [0.3, 0.4) is 0 Å². The Morgan fingerprint density at radius 1 is 0.840 bits per heavy atom. The van der Waals surface area contributed by atoms with Gasteiger partial charge in [0.2, 0.25) is 0 Å². The minimum Gasteiger partial charge on any atom is -0.490 e. The van der Waals surface area contributed by atoms with Crippen LogP contribution in [-0.2, 0) is 0 Å². The Kier molecular flexibility index (Phi) is 3.99. The number of benzene rings is 2. The zero-order chi connectivity index (χ0) is 17.4. The van der Waals surface area contributed by atoms with E-state index in [0.29, 0.717) is 16.9 Å². The smallest absolute Gasteiger partial charge is 0.261 e. The Labute approximate surface area is 145 Å². The Balaban J connectivity index is 1.40. The van der Waals surface area contributed by atoms with Gasteiger partial charge in [0.25, 0.3) is 11.8 Å². The highest BCUT2D eigenvalue weighted by Crippen LogP contribution is 2.32. The van der Waals surface area contributed by atoms with E-state index in [-0.39, 0.29) is 29.8 Å². The maximum atomic E-state index is 13.0. The summed E-state index contributed by atoms with van der Waals surface area (Å²) in [6.45, 7) is 0. The molecule has 2 aliphatic rings. The Morgan fingerprint density at radius 2 is 1.40 bits per heavy atom. The van der Waals surface area contributed by atoms with Crippen LogP contribution in [0.2, 0.25) is 0 Å². The molecule has 2 aromatic carbocycles. The second-order valence-corrected chi connectivity index (χ2v) is 6.53. The second kappa shape index (κ2) is 6.31. The molecule has 0 spiro atoms. The molecule has 0 atom stereocenters. The number of fused-ring (bicyclic) bond motifs is 1. The van der Waals surface area contributed by atoms with Crippen LogP contribution in [0.25, 0.3) is 0 Å². The average Bonchev–Trinajstić information content (AvgIpc) is 2.89. The summed E-state index contributed by atoms with van der Waals surface area (Å²) in [6.07, 6.45) is 2.98. The molecule has 4 rings (SSSR count). The number of amides is 2. The van der Waals surface area contributed by atoms with Crippen LogP contribution in [0, 0.1) is 5.82 Å². The molecule has 1 fully saturated rings. The van der Waals surface area contributed by atoms with Crippen molar-refractivity contribution in [1.82, 2.24) is 4.90 Å². The summed E-state index contributed by atoms with van der Waals surface area (Å²) in [5.41, 5.74) is 0.995. The van der Waals surface area contributed by atoms with Crippen molar-refractivity contribution in [2.75, 3.05) is 0 Å². The molecular weight excluding hydrogens is 321 g/mol. The van der Waals surface area contributed by atoms with Crippen LogP contribution in [0.5, 0.6) is 5.75 Å². The molecule has 0 bridgehead atoms. The first kappa shape index (κ1) is 15.8. The van der Waals surface area contributed by atoms with Gasteiger partial charge in [-0.3, -0.25) is 14.5 Å². The van der Waals surface area contributed by atoms with E-state index in [1.54, 1.807) is 36.4 Å². The Bertz CT molecular complexity index is 775. The molecule has 0 N–H and O–H groups in total. The first-order valence-corrected chi connectivity index (χ1v) is 8.52. The lowest BCUT2D eigenvalue weighted by Crippen LogP contribution is -2.43. The van der Waals surface area contributed by atoms with Gasteiger partial charge in [0.1, 0.15) is 11.6 Å². The van der Waals surface area contributed by atoms with Crippen molar-refractivity contribution in [3.8, 4) is 5.75 Å². The van der Waals surface area contributed by atoms with Crippen LogP contribution in [0.15, 0.2) is 48.5 Å². The number of carbonyl (C=O) groups excluding carboxylic acids is 2. The number of nitrogens with zero attached hydrogens (tertiary/aromatic N) is 1. The second-order valence-electron chi connectivity index (χ2n) is 6.53. The number of imide groups is 1. The van der Waals surface area contributed by atoms with Crippen LogP contribution in [-0.4, -0.2) is 28.9 Å². The fourth-order valence-corrected chi connectivity index (χ4v) is 3.67. The summed E-state index contributed by atoms with van der Waals surface area (Å²) >= 11 is 0. The van der Waals surface area contributed by atoms with Gasteiger partial charge in [-0.05, 0) is 62.1 Å². The fraction of sp³-hybridized carbons (Fsp3) is 0.300. The van der Waals surface area contributed by atoms with Crippen molar-refractivity contribution in [1.29, 1.82) is 0 Å². The maximum absolute atomic E-state index is 13.0. The van der Waals surface area contributed by atoms with E-state index in [2.05, 4.69) is 0 Å². The van der Waals surface area contributed by atoms with Gasteiger partial charge in [-0.2, -0.15) is 0 Å². The van der Waals surface area contributed by atoms with E-state index in [1.165, 1.54) is 17.0 Å². The standard InChI is InChI=1S/C20H18FNO3/c21-13-5-9-15(10-6-13)25-16-11-7-14(8-12-16)22-19(23)17-3-1-2-4-18(17)20(22)24/h1-6,9-10,14,16H,7-8,11-12H2/t14-,16-. The molecule has 25 heavy (non-hydrogen) atoms. The van der Waals surface area contributed by atoms with Crippen LogP contribution in [0.4, 0.5) is 4.39 Å². The molecule has 0 radical (unpaired) electrons. The molecule has 0 saturated heterocycles. The summed E-state index contributed by atoms with van der Waals surface area (Å²) in [5.74, 6) is -0.0285. The molecule has 1 saturated carbocycles. The number of halogens is 1. The molecule has 1 aliphatic heterocycles. The largest absolute Gasteiger partial charge is 0.490 e. The molecule has 2 amide bonds. The van der Waals surface area contributed by atoms with Crippen molar-refractivity contribution >= 4 is 11.8 Å². The van der Waals surface area contributed by atoms with Crippen LogP contribution < -0.4 is 4.74 Å². The number of rotatable bonds is 3. The minimum absolute atomic E-state index is 0.0249. The van der Waals surface area contributed by atoms with Crippen LogP contribution >= 0.6 is 0 Å². The molecule has 0 aromatic heterocycles. The maximum Gasteiger partial charge on any atom is 0.261 e. The van der Waals surface area contributed by atoms with Crippen molar-refractivity contribution in [3.05, 3.63) is 65.5 Å². The molecular formula is C20H18FNO3. The summed E-state index contributed by atoms with van der Waals surface area (Å²) in [6, 6.07) is 12.9. The van der Waals surface area contributed by atoms with E-state index < -0.39 is 0 Å². The predicted octanol–water partition coefficient (Wildman–Crippen LogP) is 3.81. The first-order valence-electron chi connectivity index (χ1n) is 8.52. The highest BCUT2D eigenvalue weighted by molar-refractivity contribution is 6.21. The van der Waals surface area contributed by atoms with Gasteiger partial charge < -0.3 is 4.74 Å². The van der Waals surface area contributed by atoms with Gasteiger partial charge in [0.05, 0.1) is 17.2 Å². The van der Waals surface area contributed by atoms with Crippen LogP contribution in [0.1, 0.15) is 46.4 Å². The lowest BCUT2D eigenvalue weighted by atomic mass is 9.91. The normalized spacial score (nSPS) is 22.8. The Morgan fingerprint density at radius 3 is 1.96 bits per heavy atom. The van der Waals surface area contributed by atoms with Crippen molar-refractivity contribution in [2.24, 2.45) is 0 Å². The van der Waals surface area contributed by atoms with Crippen molar-refractivity contribution in [2.45, 2.75) is 37.8 Å². The lowest BCUT2D eigenvalue weighted by Gasteiger charge is -2.33. The first-order chi connectivity index (χ1) is 12.1. The van der Waals surface area contributed by atoms with E-state index in [9.17, 15) is 14.0 Å². The van der Waals surface area contributed by atoms with Crippen molar-refractivity contribution in [3.63, 3.8) is 0 Å². The van der Waals surface area contributed by atoms with Gasteiger partial charge in [-0.15, -0.1) is 0 Å². The molecule has 1 heterocycles. The molecule has 128 valence electrons. The molecule has 5 heteroatoms. The van der Waals surface area contributed by atoms with Gasteiger partial charge in [-0.1, -0.05) is 12.1 Å². The average molecular weight is 339 g/mol. The summed E-state index contributed by atoms with van der Waals surface area (Å²) in [4.78, 5) is 26.5. The molecule has 4 nitrogen and oxygen atoms in total. The number of carbonyl (C=O) groups is 2. The van der Waals surface area contributed by atoms with Crippen molar-refractivity contribution < 1.29 is 18.7 Å².